The summed E-state index contributed by atoms with van der Waals surface area (Å²) >= 11 is 6.05. The highest BCUT2D eigenvalue weighted by atomic mass is 35.5. The fourth-order valence-corrected chi connectivity index (χ4v) is 3.63. The minimum Gasteiger partial charge on any atom is -0.313 e. The van der Waals surface area contributed by atoms with E-state index in [4.69, 9.17) is 11.6 Å². The van der Waals surface area contributed by atoms with Crippen molar-refractivity contribution in [1.82, 2.24) is 10.2 Å². The van der Waals surface area contributed by atoms with Crippen molar-refractivity contribution in [2.24, 2.45) is 0 Å². The fourth-order valence-electron chi connectivity index (χ4n) is 3.43. The van der Waals surface area contributed by atoms with Crippen molar-refractivity contribution in [2.45, 2.75) is 44.1 Å². The summed E-state index contributed by atoms with van der Waals surface area (Å²) in [4.78, 5) is 2.60. The van der Waals surface area contributed by atoms with Crippen LogP contribution in [0, 0.1) is 0 Å². The van der Waals surface area contributed by atoms with Crippen molar-refractivity contribution in [3.8, 4) is 0 Å². The Kier molecular flexibility index (Phi) is 4.98. The standard InChI is InChI=1S/C17H25ClN2/c18-16-6-4-5-14(11-16)15-12-17(13-15)19-7-10-20-8-2-1-3-9-20/h4-6,11,15,17,19H,1-3,7-10,12-13H2. The van der Waals surface area contributed by atoms with E-state index < -0.39 is 0 Å². The first-order valence-corrected chi connectivity index (χ1v) is 8.40. The van der Waals surface area contributed by atoms with Gasteiger partial charge < -0.3 is 10.2 Å². The highest BCUT2D eigenvalue weighted by Gasteiger charge is 2.29. The molecule has 20 heavy (non-hydrogen) atoms. The van der Waals surface area contributed by atoms with E-state index in [0.29, 0.717) is 12.0 Å². The second kappa shape index (κ2) is 6.93. The van der Waals surface area contributed by atoms with Crippen LogP contribution in [-0.4, -0.2) is 37.1 Å². The molecule has 1 N–H and O–H groups in total. The quantitative estimate of drug-likeness (QED) is 0.891. The molecule has 0 amide bonds. The summed E-state index contributed by atoms with van der Waals surface area (Å²) in [7, 11) is 0. The third-order valence-electron chi connectivity index (χ3n) is 4.77. The molecule has 1 aliphatic heterocycles. The second-order valence-corrected chi connectivity index (χ2v) is 6.71. The Labute approximate surface area is 127 Å². The number of nitrogens with one attached hydrogen (secondary N) is 1. The maximum Gasteiger partial charge on any atom is 0.0408 e. The highest BCUT2D eigenvalue weighted by Crippen LogP contribution is 2.37. The monoisotopic (exact) mass is 292 g/mol. The van der Waals surface area contributed by atoms with Gasteiger partial charge in [0.1, 0.15) is 0 Å². The maximum absolute atomic E-state index is 6.05. The number of hydrogen-bond acceptors (Lipinski definition) is 2. The molecule has 110 valence electrons. The highest BCUT2D eigenvalue weighted by molar-refractivity contribution is 6.30. The van der Waals surface area contributed by atoms with Gasteiger partial charge in [-0.2, -0.15) is 0 Å². The van der Waals surface area contributed by atoms with Crippen LogP contribution in [0.3, 0.4) is 0 Å². The zero-order valence-corrected chi connectivity index (χ0v) is 12.9. The van der Waals surface area contributed by atoms with Gasteiger partial charge in [0.15, 0.2) is 0 Å². The van der Waals surface area contributed by atoms with Gasteiger partial charge in [-0.15, -0.1) is 0 Å². The molecule has 0 spiro atoms. The lowest BCUT2D eigenvalue weighted by Crippen LogP contribution is -2.44. The molecule has 2 aliphatic rings. The van der Waals surface area contributed by atoms with Gasteiger partial charge in [-0.1, -0.05) is 30.2 Å². The van der Waals surface area contributed by atoms with E-state index in [1.807, 2.05) is 6.07 Å². The van der Waals surface area contributed by atoms with Crippen LogP contribution in [-0.2, 0) is 0 Å². The Balaban J connectivity index is 1.34. The van der Waals surface area contributed by atoms with Gasteiger partial charge >= 0.3 is 0 Å². The molecular weight excluding hydrogens is 268 g/mol. The average Bonchev–Trinajstić information content (AvgIpc) is 2.42. The fraction of sp³-hybridized carbons (Fsp3) is 0.647. The number of hydrogen-bond donors (Lipinski definition) is 1. The summed E-state index contributed by atoms with van der Waals surface area (Å²) in [5.41, 5.74) is 1.41. The van der Waals surface area contributed by atoms with Crippen LogP contribution in [0.2, 0.25) is 5.02 Å². The van der Waals surface area contributed by atoms with E-state index in [1.165, 1.54) is 57.3 Å². The molecule has 0 unspecified atom stereocenters. The number of piperidine rings is 1. The van der Waals surface area contributed by atoms with Gasteiger partial charge in [0, 0.05) is 24.2 Å². The summed E-state index contributed by atoms with van der Waals surface area (Å²) in [5.74, 6) is 0.709. The van der Waals surface area contributed by atoms with E-state index in [9.17, 15) is 0 Å². The Morgan fingerprint density at radius 1 is 1.15 bits per heavy atom. The topological polar surface area (TPSA) is 15.3 Å². The smallest absolute Gasteiger partial charge is 0.0408 e. The first-order valence-electron chi connectivity index (χ1n) is 8.02. The van der Waals surface area contributed by atoms with Crippen molar-refractivity contribution in [3.05, 3.63) is 34.9 Å². The molecule has 0 bridgehead atoms. The lowest BCUT2D eigenvalue weighted by molar-refractivity contribution is 0.214. The molecule has 0 atom stereocenters. The molecule has 0 aromatic heterocycles. The van der Waals surface area contributed by atoms with E-state index >= 15 is 0 Å². The first kappa shape index (κ1) is 14.4. The largest absolute Gasteiger partial charge is 0.313 e. The predicted octanol–water partition coefficient (Wildman–Crippen LogP) is 3.66. The van der Waals surface area contributed by atoms with Crippen LogP contribution in [0.1, 0.15) is 43.6 Å². The summed E-state index contributed by atoms with van der Waals surface area (Å²) in [6.45, 7) is 4.97. The van der Waals surface area contributed by atoms with Crippen LogP contribution >= 0.6 is 11.6 Å². The van der Waals surface area contributed by atoms with Crippen LogP contribution in [0.25, 0.3) is 0 Å². The summed E-state index contributed by atoms with van der Waals surface area (Å²) < 4.78 is 0. The van der Waals surface area contributed by atoms with Gasteiger partial charge in [0.2, 0.25) is 0 Å². The molecule has 2 nitrogen and oxygen atoms in total. The third-order valence-corrected chi connectivity index (χ3v) is 5.00. The summed E-state index contributed by atoms with van der Waals surface area (Å²) in [6.07, 6.45) is 6.73. The second-order valence-electron chi connectivity index (χ2n) is 6.28. The molecule has 1 heterocycles. The molecule has 2 fully saturated rings. The lowest BCUT2D eigenvalue weighted by Gasteiger charge is -2.37. The number of halogens is 1. The first-order chi connectivity index (χ1) is 9.81. The third kappa shape index (κ3) is 3.75. The maximum atomic E-state index is 6.05. The molecule has 1 saturated heterocycles. The van der Waals surface area contributed by atoms with Crippen molar-refractivity contribution in [1.29, 1.82) is 0 Å². The Bertz CT molecular complexity index is 423. The zero-order valence-electron chi connectivity index (χ0n) is 12.2. The van der Waals surface area contributed by atoms with E-state index in [1.54, 1.807) is 0 Å². The molecule has 1 saturated carbocycles. The van der Waals surface area contributed by atoms with Crippen molar-refractivity contribution in [3.63, 3.8) is 0 Å². The van der Waals surface area contributed by atoms with Crippen LogP contribution < -0.4 is 5.32 Å². The SMILES string of the molecule is Clc1cccc(C2CC(NCCN3CCCCC3)C2)c1. The van der Waals surface area contributed by atoms with E-state index in [2.05, 4.69) is 28.4 Å². The van der Waals surface area contributed by atoms with Crippen molar-refractivity contribution < 1.29 is 0 Å². The normalized spacial score (nSPS) is 27.2. The van der Waals surface area contributed by atoms with Crippen molar-refractivity contribution in [2.75, 3.05) is 26.2 Å². The van der Waals surface area contributed by atoms with Gasteiger partial charge in [-0.25, -0.2) is 0 Å². The molecule has 1 aromatic rings. The summed E-state index contributed by atoms with van der Waals surface area (Å²) in [6, 6.07) is 9.06. The lowest BCUT2D eigenvalue weighted by atomic mass is 9.76. The van der Waals surface area contributed by atoms with Crippen LogP contribution in [0.5, 0.6) is 0 Å². The minimum absolute atomic E-state index is 0.709. The molecular formula is C17H25ClN2. The number of benzene rings is 1. The minimum atomic E-state index is 0.709. The predicted molar refractivity (Wildman–Crippen MR) is 85.5 cm³/mol. The molecule has 3 heteroatoms. The Hall–Kier alpha value is -0.570. The molecule has 3 rings (SSSR count). The van der Waals surface area contributed by atoms with Gasteiger partial charge in [0.25, 0.3) is 0 Å². The average molecular weight is 293 g/mol. The molecule has 1 aromatic carbocycles. The molecule has 1 aliphatic carbocycles. The number of likely N-dealkylation sites (tertiary alicyclic amines) is 1. The van der Waals surface area contributed by atoms with Gasteiger partial charge in [0.05, 0.1) is 0 Å². The van der Waals surface area contributed by atoms with E-state index in [0.717, 1.165) is 11.6 Å². The Morgan fingerprint density at radius 2 is 1.95 bits per heavy atom. The Morgan fingerprint density at radius 3 is 2.70 bits per heavy atom. The van der Waals surface area contributed by atoms with E-state index in [-0.39, 0.29) is 0 Å². The number of nitrogens with zero attached hydrogens (tertiary/aromatic N) is 1. The zero-order chi connectivity index (χ0) is 13.8. The number of rotatable bonds is 5. The summed E-state index contributed by atoms with van der Waals surface area (Å²) in [5, 5.41) is 4.57. The van der Waals surface area contributed by atoms with Crippen LogP contribution in [0.15, 0.2) is 24.3 Å². The van der Waals surface area contributed by atoms with Crippen molar-refractivity contribution >= 4 is 11.6 Å². The van der Waals surface area contributed by atoms with Gasteiger partial charge in [-0.05, 0) is 62.4 Å². The van der Waals surface area contributed by atoms with Gasteiger partial charge in [-0.3, -0.25) is 0 Å². The van der Waals surface area contributed by atoms with Crippen LogP contribution in [0.4, 0.5) is 0 Å². The molecule has 0 radical (unpaired) electrons.